The Hall–Kier alpha value is -1.76. The lowest BCUT2D eigenvalue weighted by Crippen LogP contribution is -2.29. The molecule has 1 N–H and O–H groups in total. The SMILES string of the molecule is O=C1[C@@H](O)CCN1c1cccc(OC(F)(F)F)c1. The first-order valence-corrected chi connectivity index (χ1v) is 5.22. The van der Waals surface area contributed by atoms with Crippen molar-refractivity contribution in [1.82, 2.24) is 0 Å². The molecule has 1 aromatic carbocycles. The topological polar surface area (TPSA) is 49.8 Å². The Kier molecular flexibility index (Phi) is 3.16. The van der Waals surface area contributed by atoms with E-state index in [1.54, 1.807) is 0 Å². The fourth-order valence-corrected chi connectivity index (χ4v) is 1.77. The summed E-state index contributed by atoms with van der Waals surface area (Å²) in [5.41, 5.74) is 0.276. The smallest absolute Gasteiger partial charge is 0.406 e. The number of rotatable bonds is 2. The molecule has 4 nitrogen and oxygen atoms in total. The molecule has 1 saturated heterocycles. The van der Waals surface area contributed by atoms with Crippen molar-refractivity contribution in [2.24, 2.45) is 0 Å². The number of ether oxygens (including phenoxy) is 1. The van der Waals surface area contributed by atoms with Crippen LogP contribution in [0.25, 0.3) is 0 Å². The minimum atomic E-state index is -4.77. The fourth-order valence-electron chi connectivity index (χ4n) is 1.77. The molecule has 0 aromatic heterocycles. The van der Waals surface area contributed by atoms with Crippen LogP contribution in [0.1, 0.15) is 6.42 Å². The standard InChI is InChI=1S/C11H10F3NO3/c12-11(13,14)18-8-3-1-2-7(6-8)15-5-4-9(16)10(15)17/h1-3,6,9,16H,4-5H2/t9-/m0/s1. The third-order valence-electron chi connectivity index (χ3n) is 2.54. The maximum Gasteiger partial charge on any atom is 0.573 e. The van der Waals surface area contributed by atoms with Gasteiger partial charge < -0.3 is 14.7 Å². The first-order valence-electron chi connectivity index (χ1n) is 5.22. The molecule has 0 radical (unpaired) electrons. The molecule has 1 aromatic rings. The summed E-state index contributed by atoms with van der Waals surface area (Å²) >= 11 is 0. The normalized spacial score (nSPS) is 20.3. The number of aliphatic hydroxyl groups is 1. The van der Waals surface area contributed by atoms with E-state index >= 15 is 0 Å². The molecule has 0 bridgehead atoms. The Labute approximate surface area is 101 Å². The number of anilines is 1. The van der Waals surface area contributed by atoms with Gasteiger partial charge in [-0.1, -0.05) is 6.07 Å². The van der Waals surface area contributed by atoms with Gasteiger partial charge in [0, 0.05) is 24.7 Å². The van der Waals surface area contributed by atoms with Gasteiger partial charge in [0.1, 0.15) is 11.9 Å². The summed E-state index contributed by atoms with van der Waals surface area (Å²) in [6.45, 7) is 0.273. The molecule has 0 spiro atoms. The number of aliphatic hydroxyl groups excluding tert-OH is 1. The van der Waals surface area contributed by atoms with Crippen LogP contribution in [0.5, 0.6) is 5.75 Å². The molecule has 1 atom stereocenters. The van der Waals surface area contributed by atoms with Crippen molar-refractivity contribution in [3.63, 3.8) is 0 Å². The van der Waals surface area contributed by atoms with Gasteiger partial charge in [-0.2, -0.15) is 0 Å². The first kappa shape index (κ1) is 12.7. The van der Waals surface area contributed by atoms with Crippen LogP contribution in [-0.4, -0.2) is 30.0 Å². The number of halogens is 3. The van der Waals surface area contributed by atoms with Crippen LogP contribution in [0.4, 0.5) is 18.9 Å². The Morgan fingerprint density at radius 2 is 2.11 bits per heavy atom. The molecule has 18 heavy (non-hydrogen) atoms. The molecule has 1 aliphatic rings. The Balaban J connectivity index is 2.20. The molecule has 98 valence electrons. The summed E-state index contributed by atoms with van der Waals surface area (Å²) in [6.07, 6.45) is -5.59. The van der Waals surface area contributed by atoms with Gasteiger partial charge in [-0.3, -0.25) is 4.79 Å². The van der Waals surface area contributed by atoms with Crippen molar-refractivity contribution in [3.8, 4) is 5.75 Å². The Morgan fingerprint density at radius 1 is 1.39 bits per heavy atom. The molecule has 1 amide bonds. The summed E-state index contributed by atoms with van der Waals surface area (Å²) in [4.78, 5) is 12.7. The summed E-state index contributed by atoms with van der Waals surface area (Å²) in [7, 11) is 0. The highest BCUT2D eigenvalue weighted by Gasteiger charge is 2.33. The van der Waals surface area contributed by atoms with E-state index in [1.165, 1.54) is 17.0 Å². The average Bonchev–Trinajstić information content (AvgIpc) is 2.58. The zero-order valence-electron chi connectivity index (χ0n) is 9.15. The van der Waals surface area contributed by atoms with Crippen LogP contribution in [0.2, 0.25) is 0 Å². The van der Waals surface area contributed by atoms with Gasteiger partial charge in [0.15, 0.2) is 0 Å². The zero-order valence-corrected chi connectivity index (χ0v) is 9.15. The van der Waals surface area contributed by atoms with Crippen molar-refractivity contribution in [2.75, 3.05) is 11.4 Å². The highest BCUT2D eigenvalue weighted by Crippen LogP contribution is 2.28. The third kappa shape index (κ3) is 2.73. The lowest BCUT2D eigenvalue weighted by Gasteiger charge is -2.17. The maximum atomic E-state index is 12.0. The second-order valence-electron chi connectivity index (χ2n) is 3.84. The van der Waals surface area contributed by atoms with E-state index in [0.717, 1.165) is 12.1 Å². The molecule has 2 rings (SSSR count). The Morgan fingerprint density at radius 3 is 2.67 bits per heavy atom. The number of carbonyl (C=O) groups is 1. The van der Waals surface area contributed by atoms with E-state index in [9.17, 15) is 23.1 Å². The van der Waals surface area contributed by atoms with E-state index in [2.05, 4.69) is 4.74 Å². The van der Waals surface area contributed by atoms with Gasteiger partial charge in [-0.05, 0) is 12.1 Å². The van der Waals surface area contributed by atoms with Gasteiger partial charge in [-0.25, -0.2) is 0 Å². The summed E-state index contributed by atoms with van der Waals surface area (Å²) in [5, 5.41) is 9.28. The van der Waals surface area contributed by atoms with Gasteiger partial charge in [0.2, 0.25) is 0 Å². The van der Waals surface area contributed by atoms with Crippen molar-refractivity contribution in [1.29, 1.82) is 0 Å². The largest absolute Gasteiger partial charge is 0.573 e. The molecule has 0 saturated carbocycles. The van der Waals surface area contributed by atoms with E-state index in [-0.39, 0.29) is 18.7 Å². The second kappa shape index (κ2) is 4.49. The number of hydrogen-bond donors (Lipinski definition) is 1. The number of carbonyl (C=O) groups excluding carboxylic acids is 1. The lowest BCUT2D eigenvalue weighted by atomic mass is 10.3. The molecule has 7 heteroatoms. The maximum absolute atomic E-state index is 12.0. The monoisotopic (exact) mass is 261 g/mol. The molecule has 1 aliphatic heterocycles. The number of hydrogen-bond acceptors (Lipinski definition) is 3. The predicted octanol–water partition coefficient (Wildman–Crippen LogP) is 1.68. The number of alkyl halides is 3. The highest BCUT2D eigenvalue weighted by atomic mass is 19.4. The quantitative estimate of drug-likeness (QED) is 0.881. The van der Waals surface area contributed by atoms with Crippen LogP contribution >= 0.6 is 0 Å². The van der Waals surface area contributed by atoms with E-state index in [4.69, 9.17) is 0 Å². The molecule has 1 fully saturated rings. The predicted molar refractivity (Wildman–Crippen MR) is 56.1 cm³/mol. The summed E-state index contributed by atoms with van der Waals surface area (Å²) < 4.78 is 39.9. The zero-order chi connectivity index (χ0) is 13.3. The van der Waals surface area contributed by atoms with E-state index in [1.807, 2.05) is 0 Å². The average molecular weight is 261 g/mol. The first-order chi connectivity index (χ1) is 8.37. The third-order valence-corrected chi connectivity index (χ3v) is 2.54. The minimum absolute atomic E-state index is 0.267. The second-order valence-corrected chi connectivity index (χ2v) is 3.84. The van der Waals surface area contributed by atoms with Crippen molar-refractivity contribution in [2.45, 2.75) is 18.9 Å². The van der Waals surface area contributed by atoms with Crippen LogP contribution < -0.4 is 9.64 Å². The molecule has 0 aliphatic carbocycles. The van der Waals surface area contributed by atoms with Crippen molar-refractivity contribution in [3.05, 3.63) is 24.3 Å². The lowest BCUT2D eigenvalue weighted by molar-refractivity contribution is -0.274. The van der Waals surface area contributed by atoms with Crippen LogP contribution in [0.3, 0.4) is 0 Å². The summed E-state index contributed by atoms with van der Waals surface area (Å²) in [5.74, 6) is -0.909. The van der Waals surface area contributed by atoms with Crippen LogP contribution in [0.15, 0.2) is 24.3 Å². The van der Waals surface area contributed by atoms with Gasteiger partial charge >= 0.3 is 6.36 Å². The van der Waals surface area contributed by atoms with Gasteiger partial charge in [-0.15, -0.1) is 13.2 Å². The van der Waals surface area contributed by atoms with Gasteiger partial charge in [0.05, 0.1) is 0 Å². The number of benzene rings is 1. The number of amides is 1. The fraction of sp³-hybridized carbons (Fsp3) is 0.364. The van der Waals surface area contributed by atoms with Crippen LogP contribution in [-0.2, 0) is 4.79 Å². The van der Waals surface area contributed by atoms with Gasteiger partial charge in [0.25, 0.3) is 5.91 Å². The van der Waals surface area contributed by atoms with Crippen molar-refractivity contribution >= 4 is 11.6 Å². The molecule has 1 heterocycles. The highest BCUT2D eigenvalue weighted by molar-refractivity contribution is 5.98. The number of nitrogens with zero attached hydrogens (tertiary/aromatic N) is 1. The van der Waals surface area contributed by atoms with E-state index in [0.29, 0.717) is 0 Å². The molecular weight excluding hydrogens is 251 g/mol. The van der Waals surface area contributed by atoms with E-state index < -0.39 is 24.1 Å². The minimum Gasteiger partial charge on any atom is -0.406 e. The summed E-state index contributed by atoms with van der Waals surface area (Å²) in [6, 6.07) is 5.10. The van der Waals surface area contributed by atoms with Crippen molar-refractivity contribution < 1.29 is 27.8 Å². The van der Waals surface area contributed by atoms with Crippen LogP contribution in [0, 0.1) is 0 Å². The molecular formula is C11H10F3NO3. The molecule has 0 unspecified atom stereocenters. The Bertz CT molecular complexity index is 461.